The molecule has 0 aliphatic heterocycles. The summed E-state index contributed by atoms with van der Waals surface area (Å²) in [5.41, 5.74) is 1.08. The molecule has 0 saturated carbocycles. The molecular formula is C15H28BNO7Si. The molecule has 10 heteroatoms. The smallest absolute Gasteiger partial charge is 0.423 e. The number of ether oxygens (including phenoxy) is 1. The first-order valence-electron chi connectivity index (χ1n) is 8.07. The molecule has 142 valence electrons. The highest BCUT2D eigenvalue weighted by Crippen LogP contribution is 2.14. The van der Waals surface area contributed by atoms with Crippen molar-refractivity contribution in [2.24, 2.45) is 0 Å². The van der Waals surface area contributed by atoms with Gasteiger partial charge in [0.15, 0.2) is 0 Å². The monoisotopic (exact) mass is 373 g/mol. The van der Waals surface area contributed by atoms with Crippen molar-refractivity contribution < 1.29 is 33.2 Å². The van der Waals surface area contributed by atoms with Crippen LogP contribution in [0.5, 0.6) is 0 Å². The van der Waals surface area contributed by atoms with Crippen molar-refractivity contribution >= 4 is 27.1 Å². The maximum atomic E-state index is 9.94. The predicted molar refractivity (Wildman–Crippen MR) is 97.8 cm³/mol. The van der Waals surface area contributed by atoms with Gasteiger partial charge in [-0.3, -0.25) is 0 Å². The second-order valence-electron chi connectivity index (χ2n) is 5.51. The van der Waals surface area contributed by atoms with E-state index >= 15 is 0 Å². The first kappa shape index (κ1) is 22.1. The number of hydrogen-bond donors (Lipinski definition) is 4. The van der Waals surface area contributed by atoms with E-state index in [1.807, 2.05) is 0 Å². The number of benzene rings is 1. The van der Waals surface area contributed by atoms with Gasteiger partial charge in [0.25, 0.3) is 0 Å². The minimum atomic E-state index is -2.56. The van der Waals surface area contributed by atoms with Crippen molar-refractivity contribution in [3.63, 3.8) is 0 Å². The highest BCUT2D eigenvalue weighted by Gasteiger charge is 2.36. The van der Waals surface area contributed by atoms with E-state index in [2.05, 4.69) is 5.32 Å². The lowest BCUT2D eigenvalue weighted by molar-refractivity contribution is 0.0412. The number of aliphatic hydroxyl groups is 1. The summed E-state index contributed by atoms with van der Waals surface area (Å²) in [6.45, 7) is 0.947. The summed E-state index contributed by atoms with van der Waals surface area (Å²) in [6, 6.07) is 7.35. The molecule has 1 rings (SSSR count). The molecule has 0 bridgehead atoms. The van der Waals surface area contributed by atoms with Gasteiger partial charge in [-0.25, -0.2) is 0 Å². The third-order valence-electron chi connectivity index (χ3n) is 3.74. The Morgan fingerprint density at radius 3 is 2.44 bits per heavy atom. The average molecular weight is 373 g/mol. The Morgan fingerprint density at radius 2 is 1.84 bits per heavy atom. The first-order chi connectivity index (χ1) is 12.0. The highest BCUT2D eigenvalue weighted by molar-refractivity contribution is 6.60. The largest absolute Gasteiger partial charge is 0.500 e. The van der Waals surface area contributed by atoms with Gasteiger partial charge in [0.05, 0.1) is 12.7 Å². The van der Waals surface area contributed by atoms with Crippen LogP contribution in [0.1, 0.15) is 6.42 Å². The Bertz CT molecular complexity index is 482. The molecule has 25 heavy (non-hydrogen) atoms. The van der Waals surface area contributed by atoms with Gasteiger partial charge in [0.1, 0.15) is 0 Å². The Balaban J connectivity index is 2.23. The zero-order valence-corrected chi connectivity index (χ0v) is 16.0. The standard InChI is InChI=1S/C15H28BNO7Si/c1-21-25(22-2,23-3)9-5-8-24-12-15(18)11-17-14-7-4-6-13(10-14)16(19)20/h4,6-7,10,15,17-20H,5,8-9,11-12H2,1-3H3. The average Bonchev–Trinajstić information content (AvgIpc) is 2.63. The maximum Gasteiger partial charge on any atom is 0.500 e. The summed E-state index contributed by atoms with van der Waals surface area (Å²) in [5.74, 6) is 0. The predicted octanol–water partition coefficient (Wildman–Crippen LogP) is -0.576. The Hall–Kier alpha value is -0.978. The highest BCUT2D eigenvalue weighted by atomic mass is 28.4. The van der Waals surface area contributed by atoms with E-state index in [1.165, 1.54) is 0 Å². The maximum absolute atomic E-state index is 9.94. The van der Waals surface area contributed by atoms with Crippen molar-refractivity contribution in [1.29, 1.82) is 0 Å². The summed E-state index contributed by atoms with van der Waals surface area (Å²) in [7, 11) is 0.628. The molecule has 4 N–H and O–H groups in total. The normalized spacial score (nSPS) is 12.9. The minimum absolute atomic E-state index is 0.191. The topological polar surface area (TPSA) is 110 Å². The van der Waals surface area contributed by atoms with Crippen molar-refractivity contribution in [3.05, 3.63) is 24.3 Å². The lowest BCUT2D eigenvalue weighted by Crippen LogP contribution is -2.42. The second kappa shape index (κ2) is 11.6. The van der Waals surface area contributed by atoms with Gasteiger partial charge in [-0.15, -0.1) is 0 Å². The van der Waals surface area contributed by atoms with Crippen LogP contribution in [0.2, 0.25) is 6.04 Å². The molecule has 0 radical (unpaired) electrons. The van der Waals surface area contributed by atoms with Crippen LogP contribution in [0.3, 0.4) is 0 Å². The first-order valence-corrected chi connectivity index (χ1v) is 10.0. The van der Waals surface area contributed by atoms with E-state index in [1.54, 1.807) is 45.6 Å². The van der Waals surface area contributed by atoms with Gasteiger partial charge >= 0.3 is 15.9 Å². The van der Waals surface area contributed by atoms with Gasteiger partial charge in [0, 0.05) is 46.2 Å². The summed E-state index contributed by atoms with van der Waals surface area (Å²) in [5, 5.41) is 31.2. The molecular weight excluding hydrogens is 345 g/mol. The summed E-state index contributed by atoms with van der Waals surface area (Å²) in [6.07, 6.45) is 0.0233. The summed E-state index contributed by atoms with van der Waals surface area (Å²) < 4.78 is 21.4. The molecule has 0 aliphatic rings. The molecule has 0 spiro atoms. The lowest BCUT2D eigenvalue weighted by Gasteiger charge is -2.24. The van der Waals surface area contributed by atoms with Gasteiger partial charge in [-0.05, 0) is 24.0 Å². The SMILES string of the molecule is CO[Si](CCCOCC(O)CNc1cccc(B(O)O)c1)(OC)OC. The molecule has 0 saturated heterocycles. The Labute approximate surface area is 150 Å². The van der Waals surface area contributed by atoms with Crippen LogP contribution in [-0.4, -0.2) is 78.3 Å². The fraction of sp³-hybridized carbons (Fsp3) is 0.600. The van der Waals surface area contributed by atoms with Crippen molar-refractivity contribution in [3.8, 4) is 0 Å². The fourth-order valence-electron chi connectivity index (χ4n) is 2.27. The minimum Gasteiger partial charge on any atom is -0.423 e. The van der Waals surface area contributed by atoms with Gasteiger partial charge in [-0.1, -0.05) is 12.1 Å². The lowest BCUT2D eigenvalue weighted by atomic mass is 9.80. The van der Waals surface area contributed by atoms with E-state index in [4.69, 9.17) is 28.1 Å². The molecule has 0 fully saturated rings. The van der Waals surface area contributed by atoms with E-state index in [-0.39, 0.29) is 13.2 Å². The number of nitrogens with one attached hydrogen (secondary N) is 1. The van der Waals surface area contributed by atoms with Crippen LogP contribution in [0.4, 0.5) is 5.69 Å². The summed E-state index contributed by atoms with van der Waals surface area (Å²) >= 11 is 0. The molecule has 1 aromatic carbocycles. The van der Waals surface area contributed by atoms with Crippen LogP contribution in [0.25, 0.3) is 0 Å². The molecule has 0 heterocycles. The molecule has 0 aliphatic carbocycles. The van der Waals surface area contributed by atoms with E-state index in [0.29, 0.717) is 30.2 Å². The quantitative estimate of drug-likeness (QED) is 0.269. The number of aliphatic hydroxyl groups excluding tert-OH is 1. The second-order valence-corrected chi connectivity index (χ2v) is 8.60. The van der Waals surface area contributed by atoms with Gasteiger partial charge in [0.2, 0.25) is 0 Å². The fourth-order valence-corrected chi connectivity index (χ4v) is 3.96. The third kappa shape index (κ3) is 7.84. The van der Waals surface area contributed by atoms with Gasteiger partial charge < -0.3 is 38.5 Å². The van der Waals surface area contributed by atoms with E-state index in [0.717, 1.165) is 0 Å². The Morgan fingerprint density at radius 1 is 1.16 bits per heavy atom. The van der Waals surface area contributed by atoms with Crippen LogP contribution in [0.15, 0.2) is 24.3 Å². The molecule has 0 aromatic heterocycles. The number of anilines is 1. The van der Waals surface area contributed by atoms with Crippen molar-refractivity contribution in [2.45, 2.75) is 18.6 Å². The van der Waals surface area contributed by atoms with E-state index in [9.17, 15) is 5.11 Å². The molecule has 1 unspecified atom stereocenters. The molecule has 8 nitrogen and oxygen atoms in total. The zero-order valence-electron chi connectivity index (χ0n) is 15.0. The zero-order chi connectivity index (χ0) is 18.7. The molecule has 1 atom stereocenters. The summed E-state index contributed by atoms with van der Waals surface area (Å²) in [4.78, 5) is 0. The van der Waals surface area contributed by atoms with Crippen molar-refractivity contribution in [1.82, 2.24) is 0 Å². The Kier molecular flexibility index (Phi) is 10.2. The van der Waals surface area contributed by atoms with Crippen LogP contribution < -0.4 is 10.8 Å². The van der Waals surface area contributed by atoms with Crippen LogP contribution >= 0.6 is 0 Å². The van der Waals surface area contributed by atoms with Gasteiger partial charge in [-0.2, -0.15) is 0 Å². The van der Waals surface area contributed by atoms with Crippen LogP contribution in [-0.2, 0) is 18.0 Å². The molecule has 1 aromatic rings. The number of hydrogen-bond acceptors (Lipinski definition) is 8. The van der Waals surface area contributed by atoms with Crippen molar-refractivity contribution in [2.75, 3.05) is 46.4 Å². The van der Waals surface area contributed by atoms with Crippen LogP contribution in [0, 0.1) is 0 Å². The third-order valence-corrected chi connectivity index (χ3v) is 6.57. The van der Waals surface area contributed by atoms with E-state index < -0.39 is 22.0 Å². The number of rotatable bonds is 13. The molecule has 0 amide bonds.